The highest BCUT2D eigenvalue weighted by molar-refractivity contribution is 5.55. The molecule has 94 valence electrons. The van der Waals surface area contributed by atoms with E-state index in [9.17, 15) is 9.50 Å². The van der Waals surface area contributed by atoms with Crippen LogP contribution in [0.5, 0.6) is 0 Å². The van der Waals surface area contributed by atoms with E-state index >= 15 is 0 Å². The van der Waals surface area contributed by atoms with Gasteiger partial charge < -0.3 is 15.1 Å². The smallest absolute Gasteiger partial charge is 0.131 e. The molecule has 0 fully saturated rings. The van der Waals surface area contributed by atoms with Gasteiger partial charge in [-0.25, -0.2) is 4.39 Å². The summed E-state index contributed by atoms with van der Waals surface area (Å²) in [5.74, 6) is -0.440. The van der Waals surface area contributed by atoms with Gasteiger partial charge in [-0.1, -0.05) is 12.1 Å². The zero-order valence-corrected chi connectivity index (χ0v) is 9.93. The van der Waals surface area contributed by atoms with E-state index in [0.717, 1.165) is 0 Å². The van der Waals surface area contributed by atoms with Crippen molar-refractivity contribution in [3.8, 4) is 0 Å². The topological polar surface area (TPSA) is 43.7 Å². The minimum atomic E-state index is -0.891. The first-order chi connectivity index (χ1) is 8.11. The first-order valence-corrected chi connectivity index (χ1v) is 5.55. The Balaban J connectivity index is 3.16. The van der Waals surface area contributed by atoms with Gasteiger partial charge in [0.15, 0.2) is 0 Å². The van der Waals surface area contributed by atoms with Gasteiger partial charge in [0, 0.05) is 24.3 Å². The van der Waals surface area contributed by atoms with E-state index < -0.39 is 11.9 Å². The second-order valence-electron chi connectivity index (χ2n) is 3.81. The third-order valence-corrected chi connectivity index (χ3v) is 2.51. The predicted molar refractivity (Wildman–Crippen MR) is 66.5 cm³/mol. The number of nitrogens with zero attached hydrogens (tertiary/aromatic N) is 1. The quantitative estimate of drug-likeness (QED) is 0.745. The van der Waals surface area contributed by atoms with E-state index in [1.54, 1.807) is 23.1 Å². The number of rotatable bonds is 6. The number of benzene rings is 1. The molecule has 4 heteroatoms. The third kappa shape index (κ3) is 3.28. The van der Waals surface area contributed by atoms with Crippen molar-refractivity contribution in [3.05, 3.63) is 42.2 Å². The SMILES string of the molecule is C=CCN(CCO)c1cccc(F)c1[C@@H](C)O. The van der Waals surface area contributed by atoms with Gasteiger partial charge in [-0.15, -0.1) is 6.58 Å². The number of aliphatic hydroxyl groups is 2. The van der Waals surface area contributed by atoms with Crippen LogP contribution < -0.4 is 4.90 Å². The maximum Gasteiger partial charge on any atom is 0.131 e. The molecule has 0 heterocycles. The van der Waals surface area contributed by atoms with Crippen LogP contribution in [-0.4, -0.2) is 29.9 Å². The number of halogens is 1. The van der Waals surface area contributed by atoms with E-state index in [4.69, 9.17) is 5.11 Å². The summed E-state index contributed by atoms with van der Waals surface area (Å²) in [6.45, 7) is 5.97. The number of hydrogen-bond acceptors (Lipinski definition) is 3. The van der Waals surface area contributed by atoms with Crippen molar-refractivity contribution in [1.29, 1.82) is 0 Å². The fourth-order valence-electron chi connectivity index (χ4n) is 1.80. The molecule has 0 saturated carbocycles. The molecular weight excluding hydrogens is 221 g/mol. The van der Waals surface area contributed by atoms with Gasteiger partial charge in [-0.2, -0.15) is 0 Å². The molecule has 0 aliphatic heterocycles. The van der Waals surface area contributed by atoms with Crippen molar-refractivity contribution >= 4 is 5.69 Å². The van der Waals surface area contributed by atoms with Crippen molar-refractivity contribution in [2.24, 2.45) is 0 Å². The van der Waals surface area contributed by atoms with Gasteiger partial charge in [0.2, 0.25) is 0 Å². The number of anilines is 1. The van der Waals surface area contributed by atoms with Gasteiger partial charge >= 0.3 is 0 Å². The van der Waals surface area contributed by atoms with Gasteiger partial charge in [-0.3, -0.25) is 0 Å². The van der Waals surface area contributed by atoms with Crippen LogP contribution in [0.1, 0.15) is 18.6 Å². The van der Waals surface area contributed by atoms with Crippen LogP contribution >= 0.6 is 0 Å². The van der Waals surface area contributed by atoms with Gasteiger partial charge in [-0.05, 0) is 19.1 Å². The van der Waals surface area contributed by atoms with Crippen molar-refractivity contribution < 1.29 is 14.6 Å². The van der Waals surface area contributed by atoms with Gasteiger partial charge in [0.25, 0.3) is 0 Å². The highest BCUT2D eigenvalue weighted by Crippen LogP contribution is 2.28. The molecule has 0 radical (unpaired) electrons. The third-order valence-electron chi connectivity index (χ3n) is 2.51. The van der Waals surface area contributed by atoms with Crippen LogP contribution in [0.3, 0.4) is 0 Å². The van der Waals surface area contributed by atoms with Crippen molar-refractivity contribution in [2.75, 3.05) is 24.6 Å². The van der Waals surface area contributed by atoms with Crippen LogP contribution in [0.4, 0.5) is 10.1 Å². The van der Waals surface area contributed by atoms with Crippen LogP contribution in [0.25, 0.3) is 0 Å². The lowest BCUT2D eigenvalue weighted by molar-refractivity contribution is 0.194. The number of hydrogen-bond donors (Lipinski definition) is 2. The highest BCUT2D eigenvalue weighted by Gasteiger charge is 2.17. The zero-order chi connectivity index (χ0) is 12.8. The summed E-state index contributed by atoms with van der Waals surface area (Å²) in [5, 5.41) is 18.6. The lowest BCUT2D eigenvalue weighted by Crippen LogP contribution is -2.28. The first-order valence-electron chi connectivity index (χ1n) is 5.55. The average molecular weight is 239 g/mol. The molecule has 0 amide bonds. The first kappa shape index (κ1) is 13.7. The second-order valence-corrected chi connectivity index (χ2v) is 3.81. The van der Waals surface area contributed by atoms with Crippen LogP contribution in [0, 0.1) is 5.82 Å². The van der Waals surface area contributed by atoms with Crippen molar-refractivity contribution in [2.45, 2.75) is 13.0 Å². The van der Waals surface area contributed by atoms with E-state index in [1.165, 1.54) is 13.0 Å². The van der Waals surface area contributed by atoms with Crippen molar-refractivity contribution in [3.63, 3.8) is 0 Å². The lowest BCUT2D eigenvalue weighted by Gasteiger charge is -2.26. The van der Waals surface area contributed by atoms with E-state index in [-0.39, 0.29) is 12.2 Å². The molecule has 0 bridgehead atoms. The molecule has 0 aliphatic rings. The van der Waals surface area contributed by atoms with Crippen LogP contribution in [0.15, 0.2) is 30.9 Å². The maximum atomic E-state index is 13.7. The molecule has 2 N–H and O–H groups in total. The second kappa shape index (κ2) is 6.37. The molecular formula is C13H18FNO2. The minimum Gasteiger partial charge on any atom is -0.395 e. The molecule has 0 aromatic heterocycles. The summed E-state index contributed by atoms with van der Waals surface area (Å²) >= 11 is 0. The normalized spacial score (nSPS) is 12.2. The zero-order valence-electron chi connectivity index (χ0n) is 9.93. The number of aliphatic hydroxyl groups excluding tert-OH is 2. The largest absolute Gasteiger partial charge is 0.395 e. The van der Waals surface area contributed by atoms with Gasteiger partial charge in [0.1, 0.15) is 5.82 Å². The van der Waals surface area contributed by atoms with E-state index in [2.05, 4.69) is 6.58 Å². The van der Waals surface area contributed by atoms with Crippen LogP contribution in [0.2, 0.25) is 0 Å². The fraction of sp³-hybridized carbons (Fsp3) is 0.385. The summed E-state index contributed by atoms with van der Waals surface area (Å²) < 4.78 is 13.7. The van der Waals surface area contributed by atoms with Crippen molar-refractivity contribution in [1.82, 2.24) is 0 Å². The average Bonchev–Trinajstić information content (AvgIpc) is 2.28. The van der Waals surface area contributed by atoms with E-state index in [0.29, 0.717) is 18.8 Å². The Kier molecular flexibility index (Phi) is 5.12. The summed E-state index contributed by atoms with van der Waals surface area (Å²) in [5.41, 5.74) is 0.844. The van der Waals surface area contributed by atoms with Crippen LogP contribution in [-0.2, 0) is 0 Å². The molecule has 1 aromatic rings. The molecule has 17 heavy (non-hydrogen) atoms. The Labute approximate surface area is 101 Å². The molecule has 0 saturated heterocycles. The molecule has 1 aromatic carbocycles. The highest BCUT2D eigenvalue weighted by atomic mass is 19.1. The maximum absolute atomic E-state index is 13.7. The summed E-state index contributed by atoms with van der Waals surface area (Å²) in [7, 11) is 0. The molecule has 3 nitrogen and oxygen atoms in total. The predicted octanol–water partition coefficient (Wildman–Crippen LogP) is 1.86. The van der Waals surface area contributed by atoms with Gasteiger partial charge in [0.05, 0.1) is 12.7 Å². The minimum absolute atomic E-state index is 0.0381. The monoisotopic (exact) mass is 239 g/mol. The Morgan fingerprint density at radius 1 is 1.53 bits per heavy atom. The standard InChI is InChI=1S/C13H18FNO2/c1-3-7-15(8-9-16)12-6-4-5-11(14)13(12)10(2)17/h3-6,10,16-17H,1,7-9H2,2H3/t10-/m1/s1. The lowest BCUT2D eigenvalue weighted by atomic mass is 10.1. The Morgan fingerprint density at radius 3 is 2.76 bits per heavy atom. The Morgan fingerprint density at radius 2 is 2.24 bits per heavy atom. The Hall–Kier alpha value is -1.39. The van der Waals surface area contributed by atoms with E-state index in [1.807, 2.05) is 0 Å². The molecule has 1 rings (SSSR count). The fourth-order valence-corrected chi connectivity index (χ4v) is 1.80. The summed E-state index contributed by atoms with van der Waals surface area (Å²) in [4.78, 5) is 1.78. The molecule has 0 aliphatic carbocycles. The Bertz CT molecular complexity index is 380. The summed E-state index contributed by atoms with van der Waals surface area (Å²) in [6, 6.07) is 4.63. The summed E-state index contributed by atoms with van der Waals surface area (Å²) in [6.07, 6.45) is 0.782. The molecule has 0 spiro atoms. The molecule has 0 unspecified atom stereocenters. The molecule has 1 atom stereocenters.